The minimum atomic E-state index is -0.994. The summed E-state index contributed by atoms with van der Waals surface area (Å²) in [5, 5.41) is 15.7. The number of benzene rings is 2. The largest absolute Gasteiger partial charge is 0.481 e. The van der Waals surface area contributed by atoms with Gasteiger partial charge in [0.1, 0.15) is 17.8 Å². The fourth-order valence-electron chi connectivity index (χ4n) is 3.38. The molecule has 0 saturated heterocycles. The van der Waals surface area contributed by atoms with Crippen LogP contribution in [0, 0.1) is 0 Å². The number of anilines is 2. The van der Waals surface area contributed by atoms with Crippen LogP contribution in [0.1, 0.15) is 18.4 Å². The zero-order chi connectivity index (χ0) is 22.3. The first-order valence-electron chi connectivity index (χ1n) is 10.3. The molecule has 4 N–H and O–H groups in total. The van der Waals surface area contributed by atoms with Crippen molar-refractivity contribution >= 4 is 34.4 Å². The molecule has 2 aromatic carbocycles. The van der Waals surface area contributed by atoms with Gasteiger partial charge in [0.15, 0.2) is 0 Å². The number of nitrogens with zero attached hydrogens (tertiary/aromatic N) is 2. The molecule has 0 unspecified atom stereocenters. The van der Waals surface area contributed by atoms with Crippen LogP contribution in [-0.2, 0) is 16.0 Å². The molecule has 2 heterocycles. The van der Waals surface area contributed by atoms with Gasteiger partial charge in [0.2, 0.25) is 5.91 Å². The van der Waals surface area contributed by atoms with Gasteiger partial charge in [-0.2, -0.15) is 0 Å². The number of amides is 1. The lowest BCUT2D eigenvalue weighted by Gasteiger charge is -2.06. The van der Waals surface area contributed by atoms with Gasteiger partial charge in [-0.05, 0) is 35.7 Å². The molecular weight excluding hydrogens is 406 g/mol. The number of H-pyrrole nitrogens is 1. The number of hydrogen-bond donors (Lipinski definition) is 4. The lowest BCUT2D eigenvalue weighted by molar-refractivity contribution is -0.138. The molecule has 0 spiro atoms. The summed E-state index contributed by atoms with van der Waals surface area (Å²) in [4.78, 5) is 34.4. The van der Waals surface area contributed by atoms with Gasteiger partial charge in [-0.25, -0.2) is 9.97 Å². The molecule has 0 radical (unpaired) electrons. The first-order chi connectivity index (χ1) is 15.6. The lowest BCUT2D eigenvalue weighted by Crippen LogP contribution is -2.13. The Balaban J connectivity index is 1.44. The highest BCUT2D eigenvalue weighted by molar-refractivity contribution is 5.93. The van der Waals surface area contributed by atoms with Crippen LogP contribution in [0.15, 0.2) is 67.0 Å². The zero-order valence-corrected chi connectivity index (χ0v) is 17.3. The summed E-state index contributed by atoms with van der Waals surface area (Å²) in [5.41, 5.74) is 4.43. The Bertz CT molecular complexity index is 1220. The maximum Gasteiger partial charge on any atom is 0.303 e. The van der Waals surface area contributed by atoms with Gasteiger partial charge in [-0.1, -0.05) is 42.5 Å². The van der Waals surface area contributed by atoms with Crippen LogP contribution in [0.2, 0.25) is 0 Å². The topological polar surface area (TPSA) is 120 Å². The number of aromatic amines is 1. The second-order valence-electron chi connectivity index (χ2n) is 7.35. The smallest absolute Gasteiger partial charge is 0.303 e. The lowest BCUT2D eigenvalue weighted by atomic mass is 10.1. The van der Waals surface area contributed by atoms with Crippen molar-refractivity contribution in [3.05, 3.63) is 72.6 Å². The van der Waals surface area contributed by atoms with Crippen LogP contribution in [0.3, 0.4) is 0 Å². The Morgan fingerprint density at radius 2 is 1.75 bits per heavy atom. The van der Waals surface area contributed by atoms with Crippen LogP contribution in [-0.4, -0.2) is 38.5 Å². The molecule has 162 valence electrons. The van der Waals surface area contributed by atoms with Gasteiger partial charge in [-0.3, -0.25) is 9.59 Å². The first-order valence-corrected chi connectivity index (χ1v) is 10.3. The number of fused-ring (bicyclic) bond motifs is 1. The van der Waals surface area contributed by atoms with E-state index < -0.39 is 5.97 Å². The molecule has 32 heavy (non-hydrogen) atoms. The van der Waals surface area contributed by atoms with Crippen molar-refractivity contribution in [2.45, 2.75) is 19.3 Å². The van der Waals surface area contributed by atoms with Crippen LogP contribution in [0.5, 0.6) is 0 Å². The third kappa shape index (κ3) is 5.28. The van der Waals surface area contributed by atoms with E-state index in [4.69, 9.17) is 5.11 Å². The van der Waals surface area contributed by atoms with E-state index in [2.05, 4.69) is 37.7 Å². The van der Waals surface area contributed by atoms with E-state index in [0.717, 1.165) is 41.1 Å². The Morgan fingerprint density at radius 3 is 2.50 bits per heavy atom. The van der Waals surface area contributed by atoms with E-state index in [1.165, 1.54) is 11.9 Å². The quantitative estimate of drug-likeness (QED) is 0.318. The predicted molar refractivity (Wildman–Crippen MR) is 123 cm³/mol. The summed E-state index contributed by atoms with van der Waals surface area (Å²) in [6.45, 7) is 0.757. The normalized spacial score (nSPS) is 10.8. The zero-order valence-electron chi connectivity index (χ0n) is 17.3. The van der Waals surface area contributed by atoms with Crippen molar-refractivity contribution in [2.75, 3.05) is 17.2 Å². The highest BCUT2D eigenvalue weighted by Gasteiger charge is 2.10. The van der Waals surface area contributed by atoms with E-state index in [-0.39, 0.29) is 18.7 Å². The van der Waals surface area contributed by atoms with Crippen molar-refractivity contribution in [3.8, 4) is 11.3 Å². The molecule has 8 nitrogen and oxygen atoms in total. The minimum absolute atomic E-state index is 0.0577. The van der Waals surface area contributed by atoms with E-state index in [9.17, 15) is 9.59 Å². The number of carbonyl (C=O) groups is 2. The summed E-state index contributed by atoms with van der Waals surface area (Å²) in [5.74, 6) is -0.547. The Labute approximate surface area is 184 Å². The Hall–Kier alpha value is -4.20. The molecule has 4 aromatic rings. The molecule has 0 saturated carbocycles. The molecule has 0 aliphatic carbocycles. The third-order valence-electron chi connectivity index (χ3n) is 5.02. The number of aromatic nitrogens is 3. The molecule has 0 aliphatic rings. The molecule has 8 heteroatoms. The average Bonchev–Trinajstić information content (AvgIpc) is 3.24. The van der Waals surface area contributed by atoms with Crippen molar-refractivity contribution < 1.29 is 14.7 Å². The van der Waals surface area contributed by atoms with Gasteiger partial charge in [0.25, 0.3) is 0 Å². The number of aliphatic carboxylic acids is 1. The number of carboxylic acid groups (broad SMARTS) is 1. The SMILES string of the molecule is O=C(O)CCC(=O)Nc1ccc(-c2cc3c(NCCc4ccccc4)ncnc3[nH]2)cc1. The average molecular weight is 429 g/mol. The highest BCUT2D eigenvalue weighted by atomic mass is 16.4. The first kappa shape index (κ1) is 21.0. The molecule has 0 atom stereocenters. The Morgan fingerprint density at radius 1 is 0.969 bits per heavy atom. The monoisotopic (exact) mass is 429 g/mol. The second kappa shape index (κ2) is 9.74. The van der Waals surface area contributed by atoms with E-state index in [0.29, 0.717) is 5.69 Å². The highest BCUT2D eigenvalue weighted by Crippen LogP contribution is 2.27. The van der Waals surface area contributed by atoms with Gasteiger partial charge in [0, 0.05) is 24.3 Å². The maximum absolute atomic E-state index is 11.8. The van der Waals surface area contributed by atoms with Crippen LogP contribution in [0.25, 0.3) is 22.3 Å². The van der Waals surface area contributed by atoms with Crippen LogP contribution < -0.4 is 10.6 Å². The summed E-state index contributed by atoms with van der Waals surface area (Å²) in [6.07, 6.45) is 2.17. The van der Waals surface area contributed by atoms with Gasteiger partial charge >= 0.3 is 5.97 Å². The van der Waals surface area contributed by atoms with Crippen molar-refractivity contribution in [3.63, 3.8) is 0 Å². The van der Waals surface area contributed by atoms with Crippen molar-refractivity contribution in [1.82, 2.24) is 15.0 Å². The van der Waals surface area contributed by atoms with Gasteiger partial charge in [-0.15, -0.1) is 0 Å². The molecule has 2 aromatic heterocycles. The van der Waals surface area contributed by atoms with Gasteiger partial charge < -0.3 is 20.7 Å². The molecule has 0 fully saturated rings. The fourth-order valence-corrected chi connectivity index (χ4v) is 3.38. The van der Waals surface area contributed by atoms with Crippen molar-refractivity contribution in [2.24, 2.45) is 0 Å². The molecule has 1 amide bonds. The van der Waals surface area contributed by atoms with Crippen LogP contribution >= 0.6 is 0 Å². The Kier molecular flexibility index (Phi) is 6.41. The number of nitrogens with one attached hydrogen (secondary N) is 3. The predicted octanol–water partition coefficient (Wildman–Crippen LogP) is 4.08. The van der Waals surface area contributed by atoms with E-state index in [1.54, 1.807) is 12.1 Å². The molecular formula is C24H23N5O3. The van der Waals surface area contributed by atoms with Gasteiger partial charge in [0.05, 0.1) is 11.8 Å². The molecule has 4 rings (SSSR count). The molecule has 0 bridgehead atoms. The number of hydrogen-bond acceptors (Lipinski definition) is 5. The summed E-state index contributed by atoms with van der Waals surface area (Å²) in [6, 6.07) is 19.6. The van der Waals surface area contributed by atoms with E-state index >= 15 is 0 Å². The summed E-state index contributed by atoms with van der Waals surface area (Å²) in [7, 11) is 0. The summed E-state index contributed by atoms with van der Waals surface area (Å²) < 4.78 is 0. The fraction of sp³-hybridized carbons (Fsp3) is 0.167. The third-order valence-corrected chi connectivity index (χ3v) is 5.02. The van der Waals surface area contributed by atoms with Crippen LogP contribution in [0.4, 0.5) is 11.5 Å². The number of carboxylic acids is 1. The summed E-state index contributed by atoms with van der Waals surface area (Å²) >= 11 is 0. The standard InChI is InChI=1S/C24H23N5O3/c30-21(10-11-22(31)32)28-18-8-6-17(7-9-18)20-14-19-23(26-15-27-24(19)29-20)25-13-12-16-4-2-1-3-5-16/h1-9,14-15H,10-13H2,(H,28,30)(H,31,32)(H2,25,26,27,29). The minimum Gasteiger partial charge on any atom is -0.481 e. The number of carbonyl (C=O) groups excluding carboxylic acids is 1. The number of rotatable bonds is 9. The molecule has 0 aliphatic heterocycles. The second-order valence-corrected chi connectivity index (χ2v) is 7.35. The maximum atomic E-state index is 11.8. The van der Waals surface area contributed by atoms with Crippen molar-refractivity contribution in [1.29, 1.82) is 0 Å². The van der Waals surface area contributed by atoms with E-state index in [1.807, 2.05) is 36.4 Å².